The lowest BCUT2D eigenvalue weighted by molar-refractivity contribution is 0.132. The van der Waals surface area contributed by atoms with Crippen molar-refractivity contribution in [3.05, 3.63) is 29.3 Å². The molecule has 1 aromatic carbocycles. The molecule has 0 spiro atoms. The molecule has 19 heavy (non-hydrogen) atoms. The zero-order valence-electron chi connectivity index (χ0n) is 11.2. The van der Waals surface area contributed by atoms with E-state index in [9.17, 15) is 8.78 Å². The molecule has 0 aromatic heterocycles. The van der Waals surface area contributed by atoms with Crippen molar-refractivity contribution in [2.75, 3.05) is 25.1 Å². The molecular weight excluding hydrogens is 250 g/mol. The van der Waals surface area contributed by atoms with Gasteiger partial charge in [0.2, 0.25) is 0 Å². The van der Waals surface area contributed by atoms with E-state index >= 15 is 0 Å². The van der Waals surface area contributed by atoms with Gasteiger partial charge in [-0.05, 0) is 24.5 Å². The molecule has 3 nitrogen and oxygen atoms in total. The Morgan fingerprint density at radius 1 is 1.26 bits per heavy atom. The van der Waals surface area contributed by atoms with Crippen molar-refractivity contribution in [2.24, 2.45) is 5.92 Å². The fourth-order valence-corrected chi connectivity index (χ4v) is 1.45. The van der Waals surface area contributed by atoms with Crippen LogP contribution in [0.4, 0.5) is 14.5 Å². The van der Waals surface area contributed by atoms with Gasteiger partial charge in [0.05, 0.1) is 17.9 Å². The topological polar surface area (TPSA) is 45.0 Å². The highest BCUT2D eigenvalue weighted by molar-refractivity contribution is 5.49. The summed E-state index contributed by atoms with van der Waals surface area (Å²) in [6, 6.07) is 4.19. The number of anilines is 1. The van der Waals surface area contributed by atoms with Crippen LogP contribution in [-0.4, -0.2) is 19.8 Å². The maximum Gasteiger partial charge on any atom is 0.183 e. The molecule has 0 atom stereocenters. The van der Waals surface area contributed by atoms with Crippen molar-refractivity contribution >= 4 is 5.69 Å². The Bertz CT molecular complexity index is 455. The standard InChI is InChI=1S/C14H18F2N2O/c1-10(2)5-7-19-8-6-18-12-4-3-11(9-17)13(15)14(12)16/h3-4,10,18H,5-8H2,1-2H3. The van der Waals surface area contributed by atoms with Crippen molar-refractivity contribution in [1.82, 2.24) is 0 Å². The third-order valence-electron chi connectivity index (χ3n) is 2.60. The van der Waals surface area contributed by atoms with Gasteiger partial charge in [-0.15, -0.1) is 0 Å². The summed E-state index contributed by atoms with van der Waals surface area (Å²) in [6.45, 7) is 5.69. The molecule has 1 aromatic rings. The van der Waals surface area contributed by atoms with Gasteiger partial charge in [-0.3, -0.25) is 0 Å². The summed E-state index contributed by atoms with van der Waals surface area (Å²) in [5.41, 5.74) is -0.250. The Morgan fingerprint density at radius 2 is 2.00 bits per heavy atom. The molecule has 104 valence electrons. The van der Waals surface area contributed by atoms with E-state index in [1.165, 1.54) is 12.1 Å². The molecule has 0 unspecified atom stereocenters. The van der Waals surface area contributed by atoms with Crippen LogP contribution in [0.15, 0.2) is 12.1 Å². The highest BCUT2D eigenvalue weighted by atomic mass is 19.2. The largest absolute Gasteiger partial charge is 0.380 e. The third kappa shape index (κ3) is 4.84. The van der Waals surface area contributed by atoms with Gasteiger partial charge >= 0.3 is 0 Å². The molecule has 0 aliphatic heterocycles. The van der Waals surface area contributed by atoms with E-state index in [4.69, 9.17) is 10.00 Å². The maximum atomic E-state index is 13.5. The van der Waals surface area contributed by atoms with Gasteiger partial charge in [0.15, 0.2) is 11.6 Å². The minimum absolute atomic E-state index is 0.0453. The molecule has 1 rings (SSSR count). The van der Waals surface area contributed by atoms with Crippen LogP contribution in [0.5, 0.6) is 0 Å². The molecule has 0 bridgehead atoms. The average Bonchev–Trinajstić information content (AvgIpc) is 2.38. The van der Waals surface area contributed by atoms with Gasteiger partial charge in [-0.2, -0.15) is 5.26 Å². The minimum Gasteiger partial charge on any atom is -0.380 e. The molecule has 0 radical (unpaired) electrons. The van der Waals surface area contributed by atoms with Crippen LogP contribution in [0.2, 0.25) is 0 Å². The van der Waals surface area contributed by atoms with Crippen molar-refractivity contribution in [3.8, 4) is 6.07 Å². The van der Waals surface area contributed by atoms with Crippen LogP contribution in [0, 0.1) is 28.9 Å². The Morgan fingerprint density at radius 3 is 2.63 bits per heavy atom. The first-order valence-corrected chi connectivity index (χ1v) is 6.26. The highest BCUT2D eigenvalue weighted by Gasteiger charge is 2.12. The molecule has 0 saturated carbocycles. The second-order valence-electron chi connectivity index (χ2n) is 4.62. The van der Waals surface area contributed by atoms with Gasteiger partial charge in [0.1, 0.15) is 6.07 Å². The van der Waals surface area contributed by atoms with Gasteiger partial charge in [0, 0.05) is 13.2 Å². The predicted molar refractivity (Wildman–Crippen MR) is 69.8 cm³/mol. The SMILES string of the molecule is CC(C)CCOCCNc1ccc(C#N)c(F)c1F. The molecule has 0 saturated heterocycles. The first-order valence-electron chi connectivity index (χ1n) is 6.26. The van der Waals surface area contributed by atoms with Crippen molar-refractivity contribution < 1.29 is 13.5 Å². The number of halogens is 2. The predicted octanol–water partition coefficient (Wildman–Crippen LogP) is 3.31. The van der Waals surface area contributed by atoms with Gasteiger partial charge in [-0.1, -0.05) is 13.8 Å². The quantitative estimate of drug-likeness (QED) is 0.772. The first kappa shape index (κ1) is 15.4. The molecule has 0 heterocycles. The molecule has 0 aliphatic rings. The smallest absolute Gasteiger partial charge is 0.183 e. The second kappa shape index (κ2) is 7.70. The van der Waals surface area contributed by atoms with Crippen LogP contribution < -0.4 is 5.32 Å². The summed E-state index contributed by atoms with van der Waals surface area (Å²) < 4.78 is 32.2. The fraction of sp³-hybridized carbons (Fsp3) is 0.500. The molecule has 0 amide bonds. The van der Waals surface area contributed by atoms with E-state index in [2.05, 4.69) is 19.2 Å². The number of nitrogens with zero attached hydrogens (tertiary/aromatic N) is 1. The first-order chi connectivity index (χ1) is 9.06. The van der Waals surface area contributed by atoms with Gasteiger partial charge < -0.3 is 10.1 Å². The number of nitriles is 1. The minimum atomic E-state index is -1.12. The van der Waals surface area contributed by atoms with E-state index in [0.717, 1.165) is 6.42 Å². The summed E-state index contributed by atoms with van der Waals surface area (Å²) in [5.74, 6) is -1.56. The lowest BCUT2D eigenvalue weighted by Gasteiger charge is -2.10. The van der Waals surface area contributed by atoms with Crippen molar-refractivity contribution in [3.63, 3.8) is 0 Å². The summed E-state index contributed by atoms with van der Waals surface area (Å²) >= 11 is 0. The summed E-state index contributed by atoms with van der Waals surface area (Å²) in [7, 11) is 0. The number of hydrogen-bond acceptors (Lipinski definition) is 3. The Kier molecular flexibility index (Phi) is 6.23. The Balaban J connectivity index is 2.38. The summed E-state index contributed by atoms with van der Waals surface area (Å²) in [6.07, 6.45) is 0.972. The van der Waals surface area contributed by atoms with E-state index < -0.39 is 11.6 Å². The molecule has 5 heteroatoms. The second-order valence-corrected chi connectivity index (χ2v) is 4.62. The third-order valence-corrected chi connectivity index (χ3v) is 2.60. The van der Waals surface area contributed by atoms with Crippen LogP contribution in [-0.2, 0) is 4.74 Å². The number of rotatable bonds is 7. The fourth-order valence-electron chi connectivity index (χ4n) is 1.45. The molecule has 0 fully saturated rings. The summed E-state index contributed by atoms with van der Waals surface area (Å²) in [5, 5.41) is 11.3. The number of ether oxygens (including phenoxy) is 1. The zero-order chi connectivity index (χ0) is 14.3. The Labute approximate surface area is 112 Å². The number of nitrogens with one attached hydrogen (secondary N) is 1. The highest BCUT2D eigenvalue weighted by Crippen LogP contribution is 2.19. The monoisotopic (exact) mass is 268 g/mol. The van der Waals surface area contributed by atoms with Crippen LogP contribution in [0.25, 0.3) is 0 Å². The van der Waals surface area contributed by atoms with E-state index in [-0.39, 0.29) is 11.3 Å². The zero-order valence-corrected chi connectivity index (χ0v) is 11.2. The summed E-state index contributed by atoms with van der Waals surface area (Å²) in [4.78, 5) is 0. The van der Waals surface area contributed by atoms with Crippen LogP contribution in [0.3, 0.4) is 0 Å². The number of hydrogen-bond donors (Lipinski definition) is 1. The normalized spacial score (nSPS) is 10.5. The average molecular weight is 268 g/mol. The van der Waals surface area contributed by atoms with Crippen LogP contribution >= 0.6 is 0 Å². The lowest BCUT2D eigenvalue weighted by Crippen LogP contribution is -2.12. The van der Waals surface area contributed by atoms with E-state index in [1.54, 1.807) is 6.07 Å². The molecule has 1 N–H and O–H groups in total. The molecular formula is C14H18F2N2O. The van der Waals surface area contributed by atoms with E-state index in [1.807, 2.05) is 0 Å². The maximum absolute atomic E-state index is 13.5. The van der Waals surface area contributed by atoms with Gasteiger partial charge in [0.25, 0.3) is 0 Å². The van der Waals surface area contributed by atoms with Crippen molar-refractivity contribution in [1.29, 1.82) is 5.26 Å². The van der Waals surface area contributed by atoms with Crippen LogP contribution in [0.1, 0.15) is 25.8 Å². The van der Waals surface area contributed by atoms with E-state index in [0.29, 0.717) is 25.7 Å². The number of benzene rings is 1. The molecule has 0 aliphatic carbocycles. The lowest BCUT2D eigenvalue weighted by atomic mass is 10.1. The van der Waals surface area contributed by atoms with Gasteiger partial charge in [-0.25, -0.2) is 8.78 Å². The van der Waals surface area contributed by atoms with Crippen molar-refractivity contribution in [2.45, 2.75) is 20.3 Å². The Hall–Kier alpha value is -1.67.